The van der Waals surface area contributed by atoms with E-state index in [1.807, 2.05) is 31.2 Å². The molecule has 0 aliphatic carbocycles. The summed E-state index contributed by atoms with van der Waals surface area (Å²) in [6, 6.07) is 16.1. The molecule has 2 aromatic rings. The lowest BCUT2D eigenvalue weighted by Gasteiger charge is -2.18. The third-order valence-corrected chi connectivity index (χ3v) is 4.00. The SMILES string of the molecule is Cc1ccccc1CC(=O)NC(CC(=O)O)Cc1ccccc1C#N. The van der Waals surface area contributed by atoms with E-state index < -0.39 is 12.0 Å². The maximum absolute atomic E-state index is 12.3. The number of amides is 1. The lowest BCUT2D eigenvalue weighted by molar-refractivity contribution is -0.137. The highest BCUT2D eigenvalue weighted by molar-refractivity contribution is 5.80. The van der Waals surface area contributed by atoms with Crippen molar-refractivity contribution in [3.63, 3.8) is 0 Å². The first-order valence-electron chi connectivity index (χ1n) is 8.03. The fourth-order valence-electron chi connectivity index (χ4n) is 2.72. The fraction of sp³-hybridized carbons (Fsp3) is 0.250. The molecule has 1 atom stereocenters. The number of nitrogens with zero attached hydrogens (tertiary/aromatic N) is 1. The van der Waals surface area contributed by atoms with Gasteiger partial charge in [-0.1, -0.05) is 42.5 Å². The number of carboxylic acid groups (broad SMARTS) is 1. The van der Waals surface area contributed by atoms with Gasteiger partial charge in [-0.25, -0.2) is 0 Å². The summed E-state index contributed by atoms with van der Waals surface area (Å²) in [5, 5.41) is 21.1. The Bertz CT molecular complexity index is 809. The maximum Gasteiger partial charge on any atom is 0.305 e. The van der Waals surface area contributed by atoms with Crippen molar-refractivity contribution in [1.82, 2.24) is 5.32 Å². The molecular formula is C20H20N2O3. The van der Waals surface area contributed by atoms with E-state index in [1.165, 1.54) is 0 Å². The molecule has 2 aromatic carbocycles. The Balaban J connectivity index is 2.09. The average molecular weight is 336 g/mol. The normalized spacial score (nSPS) is 11.4. The van der Waals surface area contributed by atoms with Crippen molar-refractivity contribution < 1.29 is 14.7 Å². The first-order valence-corrected chi connectivity index (χ1v) is 8.03. The molecule has 0 bridgehead atoms. The summed E-state index contributed by atoms with van der Waals surface area (Å²) in [6.07, 6.45) is 0.303. The number of carbonyl (C=O) groups is 2. The zero-order valence-electron chi connectivity index (χ0n) is 14.0. The van der Waals surface area contributed by atoms with E-state index in [0.717, 1.165) is 16.7 Å². The van der Waals surface area contributed by atoms with Crippen molar-refractivity contribution in [1.29, 1.82) is 5.26 Å². The molecule has 1 unspecified atom stereocenters. The van der Waals surface area contributed by atoms with Crippen molar-refractivity contribution in [2.45, 2.75) is 32.2 Å². The first kappa shape index (κ1) is 18.2. The van der Waals surface area contributed by atoms with E-state index in [4.69, 9.17) is 10.4 Å². The van der Waals surface area contributed by atoms with Gasteiger partial charge in [-0.05, 0) is 36.1 Å². The number of hydrogen-bond donors (Lipinski definition) is 2. The Morgan fingerprint density at radius 2 is 1.76 bits per heavy atom. The summed E-state index contributed by atoms with van der Waals surface area (Å²) in [6.45, 7) is 1.93. The number of hydrogen-bond acceptors (Lipinski definition) is 3. The van der Waals surface area contributed by atoms with Crippen LogP contribution in [-0.4, -0.2) is 23.0 Å². The molecule has 0 spiro atoms. The van der Waals surface area contributed by atoms with Crippen LogP contribution < -0.4 is 5.32 Å². The predicted octanol–water partition coefficient (Wildman–Crippen LogP) is 2.61. The largest absolute Gasteiger partial charge is 0.481 e. The Morgan fingerprint density at radius 3 is 2.40 bits per heavy atom. The Kier molecular flexibility index (Phi) is 6.30. The second kappa shape index (κ2) is 8.65. The molecule has 25 heavy (non-hydrogen) atoms. The minimum Gasteiger partial charge on any atom is -0.481 e. The molecule has 0 fully saturated rings. The van der Waals surface area contributed by atoms with Gasteiger partial charge in [-0.2, -0.15) is 5.26 Å². The monoisotopic (exact) mass is 336 g/mol. The van der Waals surface area contributed by atoms with Gasteiger partial charge in [0.15, 0.2) is 0 Å². The van der Waals surface area contributed by atoms with Crippen molar-refractivity contribution in [2.24, 2.45) is 0 Å². The molecule has 5 nitrogen and oxygen atoms in total. The summed E-state index contributed by atoms with van der Waals surface area (Å²) in [7, 11) is 0. The van der Waals surface area contributed by atoms with Crippen LogP contribution in [-0.2, 0) is 22.4 Å². The van der Waals surface area contributed by atoms with Gasteiger partial charge in [0.05, 0.1) is 24.5 Å². The van der Waals surface area contributed by atoms with Gasteiger partial charge in [0.25, 0.3) is 0 Å². The van der Waals surface area contributed by atoms with E-state index in [0.29, 0.717) is 12.0 Å². The van der Waals surface area contributed by atoms with Crippen LogP contribution in [0.3, 0.4) is 0 Å². The molecule has 0 radical (unpaired) electrons. The van der Waals surface area contributed by atoms with Crippen molar-refractivity contribution in [3.05, 3.63) is 70.8 Å². The van der Waals surface area contributed by atoms with Crippen LogP contribution in [0, 0.1) is 18.3 Å². The third kappa shape index (κ3) is 5.47. The molecule has 2 rings (SSSR count). The Labute approximate surface area is 146 Å². The standard InChI is InChI=1S/C20H20N2O3/c1-14-6-2-3-7-15(14)11-19(23)22-18(12-20(24)25)10-16-8-4-5-9-17(16)13-21/h2-9,18H,10-12H2,1H3,(H,22,23)(H,24,25). The number of aryl methyl sites for hydroxylation is 1. The van der Waals surface area contributed by atoms with Crippen LogP contribution in [0.1, 0.15) is 28.7 Å². The third-order valence-electron chi connectivity index (χ3n) is 4.00. The molecule has 0 aliphatic rings. The number of carbonyl (C=O) groups excluding carboxylic acids is 1. The Hall–Kier alpha value is -3.13. The fourth-order valence-corrected chi connectivity index (χ4v) is 2.72. The zero-order chi connectivity index (χ0) is 18.2. The van der Waals surface area contributed by atoms with Gasteiger partial charge < -0.3 is 10.4 Å². The van der Waals surface area contributed by atoms with E-state index in [9.17, 15) is 9.59 Å². The number of nitriles is 1. The number of carboxylic acids is 1. The molecule has 5 heteroatoms. The molecule has 0 aromatic heterocycles. The minimum absolute atomic E-state index is 0.195. The van der Waals surface area contributed by atoms with Crippen LogP contribution in [0.2, 0.25) is 0 Å². The summed E-state index contributed by atoms with van der Waals surface area (Å²) in [5.41, 5.74) is 3.15. The first-order chi connectivity index (χ1) is 12.0. The number of aliphatic carboxylic acids is 1. The Morgan fingerprint density at radius 1 is 1.12 bits per heavy atom. The average Bonchev–Trinajstić information content (AvgIpc) is 2.56. The highest BCUT2D eigenvalue weighted by Crippen LogP contribution is 2.13. The van der Waals surface area contributed by atoms with E-state index >= 15 is 0 Å². The topological polar surface area (TPSA) is 90.2 Å². The molecule has 1 amide bonds. The maximum atomic E-state index is 12.3. The number of rotatable bonds is 7. The van der Waals surface area contributed by atoms with Gasteiger partial charge in [0.1, 0.15) is 0 Å². The zero-order valence-corrected chi connectivity index (χ0v) is 14.0. The van der Waals surface area contributed by atoms with Crippen LogP contribution >= 0.6 is 0 Å². The second-order valence-electron chi connectivity index (χ2n) is 5.94. The molecule has 0 aliphatic heterocycles. The van der Waals surface area contributed by atoms with E-state index in [-0.39, 0.29) is 18.7 Å². The number of nitrogens with one attached hydrogen (secondary N) is 1. The summed E-state index contributed by atoms with van der Waals surface area (Å²) < 4.78 is 0. The molecule has 0 saturated heterocycles. The van der Waals surface area contributed by atoms with Gasteiger partial charge in [0, 0.05) is 6.04 Å². The minimum atomic E-state index is -0.990. The summed E-state index contributed by atoms with van der Waals surface area (Å²) in [4.78, 5) is 23.5. The second-order valence-corrected chi connectivity index (χ2v) is 5.94. The highest BCUT2D eigenvalue weighted by atomic mass is 16.4. The van der Waals surface area contributed by atoms with Crippen LogP contribution in [0.25, 0.3) is 0 Å². The van der Waals surface area contributed by atoms with Crippen LogP contribution in [0.5, 0.6) is 0 Å². The van der Waals surface area contributed by atoms with Gasteiger partial charge >= 0.3 is 5.97 Å². The number of benzene rings is 2. The van der Waals surface area contributed by atoms with Gasteiger partial charge in [-0.3, -0.25) is 9.59 Å². The van der Waals surface area contributed by atoms with E-state index in [2.05, 4.69) is 11.4 Å². The van der Waals surface area contributed by atoms with Gasteiger partial charge in [0.2, 0.25) is 5.91 Å². The summed E-state index contributed by atoms with van der Waals surface area (Å²) >= 11 is 0. The predicted molar refractivity (Wildman–Crippen MR) is 93.9 cm³/mol. The van der Waals surface area contributed by atoms with Crippen LogP contribution in [0.4, 0.5) is 0 Å². The van der Waals surface area contributed by atoms with Crippen LogP contribution in [0.15, 0.2) is 48.5 Å². The van der Waals surface area contributed by atoms with E-state index in [1.54, 1.807) is 24.3 Å². The van der Waals surface area contributed by atoms with Crippen molar-refractivity contribution in [3.8, 4) is 6.07 Å². The van der Waals surface area contributed by atoms with Crippen molar-refractivity contribution in [2.75, 3.05) is 0 Å². The molecule has 2 N–H and O–H groups in total. The molecular weight excluding hydrogens is 316 g/mol. The smallest absolute Gasteiger partial charge is 0.305 e. The summed E-state index contributed by atoms with van der Waals surface area (Å²) in [5.74, 6) is -1.22. The lowest BCUT2D eigenvalue weighted by Crippen LogP contribution is -2.39. The van der Waals surface area contributed by atoms with Crippen molar-refractivity contribution >= 4 is 11.9 Å². The van der Waals surface area contributed by atoms with Gasteiger partial charge in [-0.15, -0.1) is 0 Å². The lowest BCUT2D eigenvalue weighted by atomic mass is 9.98. The molecule has 0 heterocycles. The molecule has 128 valence electrons. The molecule has 0 saturated carbocycles. The quantitative estimate of drug-likeness (QED) is 0.813. The highest BCUT2D eigenvalue weighted by Gasteiger charge is 2.18.